The highest BCUT2D eigenvalue weighted by atomic mass is 19.1. The minimum absolute atomic E-state index is 0.0520. The van der Waals surface area contributed by atoms with Gasteiger partial charge < -0.3 is 5.11 Å². The quantitative estimate of drug-likeness (QED) is 0.884. The molecule has 0 fully saturated rings. The molecular weight excluding hydrogens is 223 g/mol. The van der Waals surface area contributed by atoms with E-state index in [0.29, 0.717) is 12.1 Å². The van der Waals surface area contributed by atoms with Crippen LogP contribution in [0.5, 0.6) is 0 Å². The number of benzene rings is 1. The first-order chi connectivity index (χ1) is 8.04. The molecule has 0 aliphatic heterocycles. The van der Waals surface area contributed by atoms with Crippen LogP contribution in [0, 0.1) is 12.7 Å². The predicted octanol–water partition coefficient (Wildman–Crippen LogP) is 2.08. The number of halogens is 1. The summed E-state index contributed by atoms with van der Waals surface area (Å²) in [5, 5.41) is 12.9. The van der Waals surface area contributed by atoms with Crippen LogP contribution in [0.4, 0.5) is 4.39 Å². The van der Waals surface area contributed by atoms with E-state index in [0.717, 1.165) is 11.6 Å². The molecule has 0 spiro atoms. The fraction of sp³-hybridized carbons (Fsp3) is 0.167. The van der Waals surface area contributed by atoms with E-state index in [2.05, 4.69) is 5.10 Å². The topological polar surface area (TPSA) is 55.1 Å². The molecule has 88 valence electrons. The van der Waals surface area contributed by atoms with Crippen LogP contribution in [0.15, 0.2) is 30.6 Å². The maximum absolute atomic E-state index is 13.2. The van der Waals surface area contributed by atoms with Crippen molar-refractivity contribution in [2.75, 3.05) is 0 Å². The number of carboxylic acids is 1. The van der Waals surface area contributed by atoms with Crippen LogP contribution in [0.1, 0.15) is 21.5 Å². The molecule has 0 bridgehead atoms. The van der Waals surface area contributed by atoms with Crippen molar-refractivity contribution in [1.82, 2.24) is 9.78 Å². The summed E-state index contributed by atoms with van der Waals surface area (Å²) in [7, 11) is 0. The van der Waals surface area contributed by atoms with Crippen molar-refractivity contribution in [2.24, 2.45) is 0 Å². The predicted molar refractivity (Wildman–Crippen MR) is 59.4 cm³/mol. The van der Waals surface area contributed by atoms with E-state index in [1.807, 2.05) is 13.1 Å². The number of rotatable bonds is 3. The van der Waals surface area contributed by atoms with Gasteiger partial charge in [0.2, 0.25) is 0 Å². The van der Waals surface area contributed by atoms with E-state index >= 15 is 0 Å². The van der Waals surface area contributed by atoms with Crippen molar-refractivity contribution >= 4 is 5.97 Å². The van der Waals surface area contributed by atoms with Gasteiger partial charge in [-0.3, -0.25) is 4.68 Å². The van der Waals surface area contributed by atoms with Gasteiger partial charge in [-0.2, -0.15) is 5.10 Å². The zero-order chi connectivity index (χ0) is 12.4. The molecule has 0 saturated heterocycles. The third-order valence-electron chi connectivity index (χ3n) is 2.31. The largest absolute Gasteiger partial charge is 0.478 e. The van der Waals surface area contributed by atoms with E-state index in [9.17, 15) is 9.18 Å². The van der Waals surface area contributed by atoms with Crippen LogP contribution in [0.25, 0.3) is 0 Å². The fourth-order valence-electron chi connectivity index (χ4n) is 1.61. The minimum Gasteiger partial charge on any atom is -0.478 e. The van der Waals surface area contributed by atoms with Gasteiger partial charge in [0.15, 0.2) is 0 Å². The van der Waals surface area contributed by atoms with E-state index in [-0.39, 0.29) is 5.56 Å². The second-order valence-electron chi connectivity index (χ2n) is 3.87. The highest BCUT2D eigenvalue weighted by Gasteiger charge is 2.07. The van der Waals surface area contributed by atoms with Crippen molar-refractivity contribution in [3.63, 3.8) is 0 Å². The van der Waals surface area contributed by atoms with Crippen molar-refractivity contribution in [3.05, 3.63) is 53.1 Å². The summed E-state index contributed by atoms with van der Waals surface area (Å²) in [4.78, 5) is 10.8. The van der Waals surface area contributed by atoms with E-state index < -0.39 is 11.8 Å². The monoisotopic (exact) mass is 234 g/mol. The lowest BCUT2D eigenvalue weighted by Gasteiger charge is -2.04. The molecule has 0 saturated carbocycles. The SMILES string of the molecule is Cc1cnn(Cc2cc(F)cc(C(=O)O)c2)c1. The molecule has 17 heavy (non-hydrogen) atoms. The van der Waals surface area contributed by atoms with Crippen molar-refractivity contribution < 1.29 is 14.3 Å². The summed E-state index contributed by atoms with van der Waals surface area (Å²) in [6.07, 6.45) is 3.50. The standard InChI is InChI=1S/C12H11FN2O2/c1-8-5-14-15(6-8)7-9-2-10(12(16)17)4-11(13)3-9/h2-6H,7H2,1H3,(H,16,17). The molecule has 0 aliphatic carbocycles. The normalized spacial score (nSPS) is 10.5. The van der Waals surface area contributed by atoms with Gasteiger partial charge in [-0.05, 0) is 36.2 Å². The molecule has 0 radical (unpaired) electrons. The molecule has 0 amide bonds. The summed E-state index contributed by atoms with van der Waals surface area (Å²) < 4.78 is 14.8. The fourth-order valence-corrected chi connectivity index (χ4v) is 1.61. The first-order valence-corrected chi connectivity index (χ1v) is 5.06. The van der Waals surface area contributed by atoms with Gasteiger partial charge in [0.1, 0.15) is 5.82 Å². The van der Waals surface area contributed by atoms with Gasteiger partial charge in [0, 0.05) is 6.20 Å². The van der Waals surface area contributed by atoms with Crippen molar-refractivity contribution in [1.29, 1.82) is 0 Å². The summed E-state index contributed by atoms with van der Waals surface area (Å²) in [5.41, 5.74) is 1.52. The van der Waals surface area contributed by atoms with Gasteiger partial charge >= 0.3 is 5.97 Å². The summed E-state index contributed by atoms with van der Waals surface area (Å²) >= 11 is 0. The Morgan fingerprint density at radius 2 is 2.24 bits per heavy atom. The minimum atomic E-state index is -1.14. The highest BCUT2D eigenvalue weighted by Crippen LogP contribution is 2.11. The lowest BCUT2D eigenvalue weighted by atomic mass is 10.1. The molecule has 5 heteroatoms. The number of carbonyl (C=O) groups is 1. The third kappa shape index (κ3) is 2.69. The Balaban J connectivity index is 2.29. The smallest absolute Gasteiger partial charge is 0.335 e. The van der Waals surface area contributed by atoms with Crippen molar-refractivity contribution in [3.8, 4) is 0 Å². The van der Waals surface area contributed by atoms with Crippen molar-refractivity contribution in [2.45, 2.75) is 13.5 Å². The first-order valence-electron chi connectivity index (χ1n) is 5.06. The second-order valence-corrected chi connectivity index (χ2v) is 3.87. The Morgan fingerprint density at radius 3 is 2.82 bits per heavy atom. The van der Waals surface area contributed by atoms with E-state index in [4.69, 9.17) is 5.11 Å². The molecule has 1 aromatic heterocycles. The lowest BCUT2D eigenvalue weighted by molar-refractivity contribution is 0.0696. The zero-order valence-corrected chi connectivity index (χ0v) is 9.22. The average molecular weight is 234 g/mol. The number of aryl methyl sites for hydroxylation is 1. The van der Waals surface area contributed by atoms with Crippen LogP contribution in [0.3, 0.4) is 0 Å². The highest BCUT2D eigenvalue weighted by molar-refractivity contribution is 5.87. The van der Waals surface area contributed by atoms with Gasteiger partial charge in [0.05, 0.1) is 18.3 Å². The number of aromatic carboxylic acids is 1. The Bertz CT molecular complexity index is 563. The number of hydrogen-bond acceptors (Lipinski definition) is 2. The molecule has 2 aromatic rings. The van der Waals surface area contributed by atoms with Gasteiger partial charge in [0.25, 0.3) is 0 Å². The van der Waals surface area contributed by atoms with E-state index in [1.165, 1.54) is 12.1 Å². The summed E-state index contributed by atoms with van der Waals surface area (Å²) in [6, 6.07) is 3.76. The van der Waals surface area contributed by atoms with Crippen LogP contribution in [-0.4, -0.2) is 20.9 Å². The Labute approximate surface area is 97.3 Å². The number of carboxylic acid groups (broad SMARTS) is 1. The van der Waals surface area contributed by atoms with Crippen LogP contribution < -0.4 is 0 Å². The average Bonchev–Trinajstić information content (AvgIpc) is 2.63. The number of hydrogen-bond donors (Lipinski definition) is 1. The maximum atomic E-state index is 13.2. The second kappa shape index (κ2) is 4.37. The molecule has 0 unspecified atom stereocenters. The van der Waals surface area contributed by atoms with Crippen LogP contribution in [-0.2, 0) is 6.54 Å². The van der Waals surface area contributed by atoms with E-state index in [1.54, 1.807) is 10.9 Å². The molecular formula is C12H11FN2O2. The maximum Gasteiger partial charge on any atom is 0.335 e. The number of aromatic nitrogens is 2. The molecule has 1 heterocycles. The van der Waals surface area contributed by atoms with Gasteiger partial charge in [-0.25, -0.2) is 9.18 Å². The molecule has 1 N–H and O–H groups in total. The number of nitrogens with zero attached hydrogens (tertiary/aromatic N) is 2. The summed E-state index contributed by atoms with van der Waals surface area (Å²) in [6.45, 7) is 2.25. The first kappa shape index (κ1) is 11.3. The molecule has 0 atom stereocenters. The molecule has 4 nitrogen and oxygen atoms in total. The molecule has 2 rings (SSSR count). The Hall–Kier alpha value is -2.17. The van der Waals surface area contributed by atoms with Crippen LogP contribution >= 0.6 is 0 Å². The lowest BCUT2D eigenvalue weighted by Crippen LogP contribution is -2.04. The molecule has 1 aromatic carbocycles. The van der Waals surface area contributed by atoms with Gasteiger partial charge in [-0.15, -0.1) is 0 Å². The Morgan fingerprint density at radius 1 is 1.47 bits per heavy atom. The third-order valence-corrected chi connectivity index (χ3v) is 2.31. The van der Waals surface area contributed by atoms with Crippen LogP contribution in [0.2, 0.25) is 0 Å². The zero-order valence-electron chi connectivity index (χ0n) is 9.22. The summed E-state index contributed by atoms with van der Waals surface area (Å²) in [5.74, 6) is -1.69. The Kier molecular flexibility index (Phi) is 2.91. The molecule has 0 aliphatic rings. The van der Waals surface area contributed by atoms with Gasteiger partial charge in [-0.1, -0.05) is 0 Å².